The zero-order valence-corrected chi connectivity index (χ0v) is 11.3. The predicted octanol–water partition coefficient (Wildman–Crippen LogP) is 3.22. The van der Waals surface area contributed by atoms with Crippen molar-refractivity contribution in [3.63, 3.8) is 0 Å². The Bertz CT molecular complexity index is 805. The lowest BCUT2D eigenvalue weighted by Crippen LogP contribution is -2.05. The molecule has 2 aromatic heterocycles. The molecule has 3 rings (SSSR count). The molecule has 0 saturated heterocycles. The number of nitrogens with one attached hydrogen (secondary N) is 1. The fourth-order valence-corrected chi connectivity index (χ4v) is 2.01. The third kappa shape index (κ3) is 2.79. The Kier molecular flexibility index (Phi) is 3.43. The summed E-state index contributed by atoms with van der Waals surface area (Å²) in [5, 5.41) is 3.02. The van der Waals surface area contributed by atoms with Crippen LogP contribution in [-0.4, -0.2) is 15.0 Å². The Hall–Kier alpha value is -2.63. The number of benzene rings is 1. The van der Waals surface area contributed by atoms with Gasteiger partial charge < -0.3 is 5.32 Å². The topological polar surface area (TPSA) is 50.7 Å². The third-order valence-electron chi connectivity index (χ3n) is 3.08. The van der Waals surface area contributed by atoms with Gasteiger partial charge in [0.05, 0.1) is 5.52 Å². The number of rotatable bonds is 3. The molecule has 3 aromatic rings. The van der Waals surface area contributed by atoms with Crippen LogP contribution in [0.2, 0.25) is 0 Å². The molecule has 0 atom stereocenters. The molecule has 0 aliphatic carbocycles. The van der Waals surface area contributed by atoms with E-state index in [0.29, 0.717) is 22.4 Å². The average molecular weight is 286 g/mol. The maximum Gasteiger partial charge on any atom is 0.156 e. The summed E-state index contributed by atoms with van der Waals surface area (Å²) in [6.45, 7) is 2.06. The second-order valence-corrected chi connectivity index (χ2v) is 4.63. The van der Waals surface area contributed by atoms with Crippen LogP contribution in [0.25, 0.3) is 11.0 Å². The Labute approximate surface area is 119 Å². The first kappa shape index (κ1) is 13.4. The van der Waals surface area contributed by atoms with Gasteiger partial charge in [0, 0.05) is 23.9 Å². The normalized spacial score (nSPS) is 10.8. The van der Waals surface area contributed by atoms with Crippen molar-refractivity contribution < 1.29 is 8.78 Å². The fourth-order valence-electron chi connectivity index (χ4n) is 2.01. The number of fused-ring (bicyclic) bond motifs is 1. The molecule has 0 spiro atoms. The molecule has 0 fully saturated rings. The molecular formula is C15H12F2N4. The lowest BCUT2D eigenvalue weighted by atomic mass is 10.2. The van der Waals surface area contributed by atoms with Crippen molar-refractivity contribution in [1.82, 2.24) is 15.0 Å². The SMILES string of the molecule is Cc1ccc2ncnc(NCc3ccc(F)cc3F)c2n1. The van der Waals surface area contributed by atoms with E-state index >= 15 is 0 Å². The van der Waals surface area contributed by atoms with Gasteiger partial charge in [-0.15, -0.1) is 0 Å². The van der Waals surface area contributed by atoms with Gasteiger partial charge >= 0.3 is 0 Å². The monoisotopic (exact) mass is 286 g/mol. The third-order valence-corrected chi connectivity index (χ3v) is 3.08. The highest BCUT2D eigenvalue weighted by molar-refractivity contribution is 5.84. The Balaban J connectivity index is 1.90. The number of hydrogen-bond donors (Lipinski definition) is 1. The van der Waals surface area contributed by atoms with Crippen molar-refractivity contribution in [2.75, 3.05) is 5.32 Å². The highest BCUT2D eigenvalue weighted by atomic mass is 19.1. The van der Waals surface area contributed by atoms with Gasteiger partial charge in [0.25, 0.3) is 0 Å². The van der Waals surface area contributed by atoms with Crippen LogP contribution < -0.4 is 5.32 Å². The van der Waals surface area contributed by atoms with E-state index in [0.717, 1.165) is 11.8 Å². The van der Waals surface area contributed by atoms with Crippen LogP contribution in [0.1, 0.15) is 11.3 Å². The van der Waals surface area contributed by atoms with Gasteiger partial charge in [-0.2, -0.15) is 0 Å². The quantitative estimate of drug-likeness (QED) is 0.803. The van der Waals surface area contributed by atoms with Crippen LogP contribution in [0, 0.1) is 18.6 Å². The zero-order chi connectivity index (χ0) is 14.8. The summed E-state index contributed by atoms with van der Waals surface area (Å²) in [6.07, 6.45) is 1.42. The van der Waals surface area contributed by atoms with Gasteiger partial charge in [-0.05, 0) is 25.1 Å². The van der Waals surface area contributed by atoms with Gasteiger partial charge in [-0.1, -0.05) is 6.07 Å². The number of pyridine rings is 1. The molecule has 106 valence electrons. The van der Waals surface area contributed by atoms with Crippen molar-refractivity contribution in [1.29, 1.82) is 0 Å². The standard InChI is InChI=1S/C15H12F2N4/c1-9-2-5-13-14(21-9)15(20-8-19-13)18-7-10-3-4-11(16)6-12(10)17/h2-6,8H,7H2,1H3,(H,18,19,20). The lowest BCUT2D eigenvalue weighted by Gasteiger charge is -2.09. The summed E-state index contributed by atoms with van der Waals surface area (Å²) < 4.78 is 26.5. The minimum Gasteiger partial charge on any atom is -0.364 e. The molecule has 2 heterocycles. The number of anilines is 1. The van der Waals surface area contributed by atoms with Crippen molar-refractivity contribution in [3.8, 4) is 0 Å². The maximum atomic E-state index is 13.6. The van der Waals surface area contributed by atoms with Crippen LogP contribution in [0.4, 0.5) is 14.6 Å². The highest BCUT2D eigenvalue weighted by Crippen LogP contribution is 2.18. The van der Waals surface area contributed by atoms with Gasteiger partial charge in [-0.3, -0.25) is 0 Å². The number of nitrogens with zero attached hydrogens (tertiary/aromatic N) is 3. The van der Waals surface area contributed by atoms with Crippen molar-refractivity contribution >= 4 is 16.9 Å². The smallest absolute Gasteiger partial charge is 0.156 e. The Morgan fingerprint density at radius 2 is 1.95 bits per heavy atom. The molecule has 0 aliphatic heterocycles. The summed E-state index contributed by atoms with van der Waals surface area (Å²) >= 11 is 0. The maximum absolute atomic E-state index is 13.6. The first-order chi connectivity index (χ1) is 10.1. The van der Waals surface area contributed by atoms with E-state index in [-0.39, 0.29) is 6.54 Å². The molecule has 0 radical (unpaired) electrons. The van der Waals surface area contributed by atoms with Gasteiger partial charge in [-0.25, -0.2) is 23.7 Å². The van der Waals surface area contributed by atoms with E-state index in [4.69, 9.17) is 0 Å². The molecule has 0 bridgehead atoms. The number of aryl methyl sites for hydroxylation is 1. The summed E-state index contributed by atoms with van der Waals surface area (Å²) in [6, 6.07) is 7.19. The summed E-state index contributed by atoms with van der Waals surface area (Å²) in [5.41, 5.74) is 2.53. The zero-order valence-electron chi connectivity index (χ0n) is 11.3. The molecule has 6 heteroatoms. The van der Waals surface area contributed by atoms with E-state index in [1.165, 1.54) is 18.5 Å². The van der Waals surface area contributed by atoms with Crippen molar-refractivity contribution in [2.45, 2.75) is 13.5 Å². The minimum atomic E-state index is -0.596. The van der Waals surface area contributed by atoms with E-state index < -0.39 is 11.6 Å². The molecule has 4 nitrogen and oxygen atoms in total. The number of halogens is 2. The number of aromatic nitrogens is 3. The van der Waals surface area contributed by atoms with Crippen LogP contribution in [-0.2, 0) is 6.54 Å². The van der Waals surface area contributed by atoms with Crippen molar-refractivity contribution in [3.05, 3.63) is 59.6 Å². The van der Waals surface area contributed by atoms with E-state index in [1.54, 1.807) is 0 Å². The van der Waals surface area contributed by atoms with E-state index in [1.807, 2.05) is 19.1 Å². The average Bonchev–Trinajstić information content (AvgIpc) is 2.46. The second-order valence-electron chi connectivity index (χ2n) is 4.63. The molecule has 0 unspecified atom stereocenters. The molecule has 0 aliphatic rings. The first-order valence-electron chi connectivity index (χ1n) is 6.39. The summed E-state index contributed by atoms with van der Waals surface area (Å²) in [4.78, 5) is 12.6. The minimum absolute atomic E-state index is 0.188. The fraction of sp³-hybridized carbons (Fsp3) is 0.133. The van der Waals surface area contributed by atoms with Crippen LogP contribution >= 0.6 is 0 Å². The number of hydrogen-bond acceptors (Lipinski definition) is 4. The summed E-state index contributed by atoms with van der Waals surface area (Å²) in [7, 11) is 0. The Morgan fingerprint density at radius 1 is 1.10 bits per heavy atom. The molecule has 1 aromatic carbocycles. The second kappa shape index (κ2) is 5.40. The molecule has 21 heavy (non-hydrogen) atoms. The van der Waals surface area contributed by atoms with Crippen LogP contribution in [0.3, 0.4) is 0 Å². The molecular weight excluding hydrogens is 274 g/mol. The Morgan fingerprint density at radius 3 is 2.76 bits per heavy atom. The van der Waals surface area contributed by atoms with Gasteiger partial charge in [0.1, 0.15) is 23.5 Å². The van der Waals surface area contributed by atoms with E-state index in [9.17, 15) is 8.78 Å². The molecule has 0 amide bonds. The van der Waals surface area contributed by atoms with Crippen molar-refractivity contribution in [2.24, 2.45) is 0 Å². The van der Waals surface area contributed by atoms with E-state index in [2.05, 4.69) is 20.3 Å². The highest BCUT2D eigenvalue weighted by Gasteiger charge is 2.08. The van der Waals surface area contributed by atoms with Gasteiger partial charge in [0.2, 0.25) is 0 Å². The van der Waals surface area contributed by atoms with Gasteiger partial charge in [0.15, 0.2) is 5.82 Å². The summed E-state index contributed by atoms with van der Waals surface area (Å²) in [5.74, 6) is -0.668. The predicted molar refractivity (Wildman–Crippen MR) is 75.8 cm³/mol. The van der Waals surface area contributed by atoms with Crippen LogP contribution in [0.5, 0.6) is 0 Å². The largest absolute Gasteiger partial charge is 0.364 e. The molecule has 1 N–H and O–H groups in total. The molecule has 0 saturated carbocycles. The lowest BCUT2D eigenvalue weighted by molar-refractivity contribution is 0.574. The first-order valence-corrected chi connectivity index (χ1v) is 6.39. The van der Waals surface area contributed by atoms with Crippen LogP contribution in [0.15, 0.2) is 36.7 Å².